The zero-order valence-electron chi connectivity index (χ0n) is 11.1. The van der Waals surface area contributed by atoms with Gasteiger partial charge >= 0.3 is 0 Å². The van der Waals surface area contributed by atoms with Crippen LogP contribution >= 0.6 is 0 Å². The van der Waals surface area contributed by atoms with Crippen LogP contribution in [0, 0.1) is 23.7 Å². The lowest BCUT2D eigenvalue weighted by atomic mass is 9.50. The fraction of sp³-hybridized carbons (Fsp3) is 1.00. The molecule has 0 aromatic heterocycles. The third kappa shape index (κ3) is 1.68. The molecule has 0 heterocycles. The van der Waals surface area contributed by atoms with Crippen LogP contribution in [0.2, 0.25) is 0 Å². The summed E-state index contributed by atoms with van der Waals surface area (Å²) in [6.45, 7) is 2.39. The lowest BCUT2D eigenvalue weighted by Gasteiger charge is -2.59. The Morgan fingerprint density at radius 1 is 1.06 bits per heavy atom. The third-order valence-electron chi connectivity index (χ3n) is 6.07. The predicted molar refractivity (Wildman–Crippen MR) is 70.5 cm³/mol. The molecule has 0 radical (unpaired) electrons. The molecular formula is C14H23NO2S. The molecular weight excluding hydrogens is 246 g/mol. The zero-order chi connectivity index (χ0) is 12.5. The summed E-state index contributed by atoms with van der Waals surface area (Å²) in [6, 6.07) is 0. The van der Waals surface area contributed by atoms with Gasteiger partial charge in [0, 0.05) is 5.54 Å². The average molecular weight is 269 g/mol. The molecule has 2 atom stereocenters. The largest absolute Gasteiger partial charge is 0.214 e. The smallest absolute Gasteiger partial charge is 0.212 e. The van der Waals surface area contributed by atoms with Gasteiger partial charge in [-0.15, -0.1) is 0 Å². The van der Waals surface area contributed by atoms with Crippen molar-refractivity contribution in [2.75, 3.05) is 0 Å². The summed E-state index contributed by atoms with van der Waals surface area (Å²) in [5.74, 6) is 3.16. The molecule has 0 spiro atoms. The lowest BCUT2D eigenvalue weighted by Crippen LogP contribution is -2.62. The van der Waals surface area contributed by atoms with E-state index in [1.807, 2.05) is 0 Å². The van der Waals surface area contributed by atoms with E-state index in [-0.39, 0.29) is 10.8 Å². The summed E-state index contributed by atoms with van der Waals surface area (Å²) in [5.41, 5.74) is -0.0512. The Kier molecular flexibility index (Phi) is 2.29. The van der Waals surface area contributed by atoms with Crippen molar-refractivity contribution in [1.29, 1.82) is 0 Å². The summed E-state index contributed by atoms with van der Waals surface area (Å²) in [7, 11) is -3.02. The minimum Gasteiger partial charge on any atom is -0.212 e. The van der Waals surface area contributed by atoms with Gasteiger partial charge in [0.1, 0.15) is 0 Å². The van der Waals surface area contributed by atoms with Crippen molar-refractivity contribution in [3.05, 3.63) is 0 Å². The molecule has 4 heteroatoms. The normalized spacial score (nSPS) is 50.7. The van der Waals surface area contributed by atoms with Gasteiger partial charge in [0.2, 0.25) is 10.0 Å². The van der Waals surface area contributed by atoms with Gasteiger partial charge < -0.3 is 0 Å². The first-order chi connectivity index (χ1) is 8.47. The van der Waals surface area contributed by atoms with Gasteiger partial charge in [-0.25, -0.2) is 13.1 Å². The Morgan fingerprint density at radius 2 is 1.67 bits per heavy atom. The van der Waals surface area contributed by atoms with Crippen LogP contribution in [0.1, 0.15) is 51.9 Å². The first kappa shape index (κ1) is 11.7. The van der Waals surface area contributed by atoms with Crippen molar-refractivity contribution < 1.29 is 8.42 Å². The zero-order valence-corrected chi connectivity index (χ0v) is 11.9. The molecule has 2 unspecified atom stereocenters. The van der Waals surface area contributed by atoms with Crippen LogP contribution < -0.4 is 4.72 Å². The van der Waals surface area contributed by atoms with E-state index >= 15 is 0 Å². The van der Waals surface area contributed by atoms with Crippen LogP contribution in [0.25, 0.3) is 0 Å². The Labute approximate surface area is 110 Å². The Morgan fingerprint density at radius 3 is 2.22 bits per heavy atom. The highest BCUT2D eigenvalue weighted by Gasteiger charge is 2.56. The molecule has 1 N–H and O–H groups in total. The van der Waals surface area contributed by atoms with Crippen molar-refractivity contribution in [1.82, 2.24) is 4.72 Å². The van der Waals surface area contributed by atoms with E-state index in [2.05, 4.69) is 11.6 Å². The van der Waals surface area contributed by atoms with Crippen LogP contribution in [-0.2, 0) is 10.0 Å². The van der Waals surface area contributed by atoms with Gasteiger partial charge in [-0.3, -0.25) is 0 Å². The van der Waals surface area contributed by atoms with Crippen LogP contribution in [0.4, 0.5) is 0 Å². The maximum atomic E-state index is 12.2. The molecule has 0 aromatic carbocycles. The van der Waals surface area contributed by atoms with Crippen molar-refractivity contribution in [3.8, 4) is 0 Å². The van der Waals surface area contributed by atoms with Crippen LogP contribution in [0.3, 0.4) is 0 Å². The monoisotopic (exact) mass is 269 g/mol. The molecule has 18 heavy (non-hydrogen) atoms. The summed E-state index contributed by atoms with van der Waals surface area (Å²) in [5, 5.41) is -0.0667. The first-order valence-corrected chi connectivity index (χ1v) is 9.05. The first-order valence-electron chi connectivity index (χ1n) is 7.50. The summed E-state index contributed by atoms with van der Waals surface area (Å²) in [4.78, 5) is 0. The van der Waals surface area contributed by atoms with Gasteiger partial charge in [0.25, 0.3) is 0 Å². The van der Waals surface area contributed by atoms with E-state index in [1.54, 1.807) is 0 Å². The van der Waals surface area contributed by atoms with E-state index < -0.39 is 10.0 Å². The topological polar surface area (TPSA) is 46.2 Å². The van der Waals surface area contributed by atoms with Crippen LogP contribution in [-0.4, -0.2) is 19.2 Å². The summed E-state index contributed by atoms with van der Waals surface area (Å²) in [6.07, 6.45) is 7.77. The second-order valence-corrected chi connectivity index (χ2v) is 9.42. The highest BCUT2D eigenvalue weighted by molar-refractivity contribution is 7.90. The maximum absolute atomic E-state index is 12.2. The molecule has 5 saturated carbocycles. The predicted octanol–water partition coefficient (Wildman–Crippen LogP) is 2.28. The molecule has 0 saturated heterocycles. The van der Waals surface area contributed by atoms with Gasteiger partial charge in [-0.1, -0.05) is 6.92 Å². The lowest BCUT2D eigenvalue weighted by molar-refractivity contribution is -0.0506. The summed E-state index contributed by atoms with van der Waals surface area (Å²) >= 11 is 0. The number of nitrogens with one attached hydrogen (secondary N) is 1. The highest BCUT2D eigenvalue weighted by Crippen LogP contribution is 2.58. The van der Waals surface area contributed by atoms with Gasteiger partial charge in [0.15, 0.2) is 0 Å². The maximum Gasteiger partial charge on any atom is 0.214 e. The molecule has 3 nitrogen and oxygen atoms in total. The molecule has 5 aliphatic rings. The SMILES string of the molecule is CC1C2CC3CC1CC(NS(=O)(=O)C1CC1)(C3)C2. The molecule has 5 fully saturated rings. The standard InChI is InChI=1S/C14H23NO2S/c1-9-11-4-10-5-12(9)8-14(6-10,7-11)15-18(16,17)13-2-3-13/h9-13,15H,2-8H2,1H3. The van der Waals surface area contributed by atoms with Crippen LogP contribution in [0.5, 0.6) is 0 Å². The number of hydrogen-bond donors (Lipinski definition) is 1. The molecule has 0 aliphatic heterocycles. The Hall–Kier alpha value is -0.0900. The Bertz CT molecular complexity index is 452. The fourth-order valence-electron chi connectivity index (χ4n) is 5.17. The van der Waals surface area contributed by atoms with Crippen molar-refractivity contribution in [2.45, 2.75) is 62.7 Å². The second-order valence-electron chi connectivity index (χ2n) is 7.46. The molecule has 0 amide bonds. The average Bonchev–Trinajstić information content (AvgIpc) is 3.06. The highest BCUT2D eigenvalue weighted by atomic mass is 32.2. The summed E-state index contributed by atoms with van der Waals surface area (Å²) < 4.78 is 27.7. The number of sulfonamides is 1. The quantitative estimate of drug-likeness (QED) is 0.854. The second kappa shape index (κ2) is 3.51. The van der Waals surface area contributed by atoms with E-state index in [0.717, 1.165) is 55.8 Å². The minimum absolute atomic E-state index is 0.0512. The Balaban J connectivity index is 1.61. The molecule has 5 rings (SSSR count). The van der Waals surface area contributed by atoms with Gasteiger partial charge in [-0.05, 0) is 68.6 Å². The van der Waals surface area contributed by atoms with Crippen molar-refractivity contribution in [2.24, 2.45) is 23.7 Å². The molecule has 5 aliphatic carbocycles. The fourth-order valence-corrected chi connectivity index (χ4v) is 6.94. The van der Waals surface area contributed by atoms with Crippen molar-refractivity contribution >= 4 is 10.0 Å². The van der Waals surface area contributed by atoms with Crippen LogP contribution in [0.15, 0.2) is 0 Å². The van der Waals surface area contributed by atoms with E-state index in [0.29, 0.717) is 0 Å². The van der Waals surface area contributed by atoms with E-state index in [1.165, 1.54) is 12.8 Å². The molecule has 102 valence electrons. The van der Waals surface area contributed by atoms with E-state index in [4.69, 9.17) is 0 Å². The molecule has 4 bridgehead atoms. The molecule has 0 aromatic rings. The minimum atomic E-state index is -3.02. The number of rotatable bonds is 3. The van der Waals surface area contributed by atoms with Gasteiger partial charge in [0.05, 0.1) is 5.25 Å². The van der Waals surface area contributed by atoms with Gasteiger partial charge in [-0.2, -0.15) is 0 Å². The van der Waals surface area contributed by atoms with Crippen molar-refractivity contribution in [3.63, 3.8) is 0 Å². The number of hydrogen-bond acceptors (Lipinski definition) is 2. The third-order valence-corrected chi connectivity index (χ3v) is 8.13. The van der Waals surface area contributed by atoms with E-state index in [9.17, 15) is 8.42 Å².